The molecule has 3 N–H and O–H groups in total. The predicted octanol–water partition coefficient (Wildman–Crippen LogP) is 2.85. The highest BCUT2D eigenvalue weighted by Gasteiger charge is 2.14. The van der Waals surface area contributed by atoms with E-state index in [1.54, 1.807) is 6.07 Å². The minimum atomic E-state index is -0.234. The molecule has 1 fully saturated rings. The third-order valence-corrected chi connectivity index (χ3v) is 3.75. The van der Waals surface area contributed by atoms with Crippen LogP contribution in [0.1, 0.15) is 12.8 Å². The summed E-state index contributed by atoms with van der Waals surface area (Å²) in [5.41, 5.74) is 7.11. The van der Waals surface area contributed by atoms with Crippen LogP contribution in [-0.4, -0.2) is 19.8 Å². The normalized spacial score (nSPS) is 20.2. The van der Waals surface area contributed by atoms with Gasteiger partial charge in [-0.2, -0.15) is 0 Å². The standard InChI is InChI=1S/C12H16FIN2O/c13-9-4-12(11(15)5-10(9)14)16-6-8-2-1-3-17-7-8/h4-5,8,16H,1-3,6-7,15H2. The van der Waals surface area contributed by atoms with E-state index in [4.69, 9.17) is 10.5 Å². The van der Waals surface area contributed by atoms with E-state index in [0.717, 1.165) is 32.6 Å². The molecule has 2 rings (SSSR count). The van der Waals surface area contributed by atoms with Crippen LogP contribution >= 0.6 is 22.6 Å². The maximum Gasteiger partial charge on any atom is 0.138 e. The zero-order valence-corrected chi connectivity index (χ0v) is 11.7. The molecule has 1 aliphatic rings. The molecule has 1 aromatic rings. The Labute approximate surface area is 114 Å². The van der Waals surface area contributed by atoms with Crippen molar-refractivity contribution in [2.75, 3.05) is 30.8 Å². The Balaban J connectivity index is 1.96. The van der Waals surface area contributed by atoms with Crippen molar-refractivity contribution in [2.45, 2.75) is 12.8 Å². The van der Waals surface area contributed by atoms with Gasteiger partial charge in [-0.05, 0) is 47.4 Å². The summed E-state index contributed by atoms with van der Waals surface area (Å²) in [6, 6.07) is 3.11. The van der Waals surface area contributed by atoms with Gasteiger partial charge in [-0.3, -0.25) is 0 Å². The number of benzene rings is 1. The summed E-state index contributed by atoms with van der Waals surface area (Å²) in [5.74, 6) is 0.257. The summed E-state index contributed by atoms with van der Waals surface area (Å²) in [7, 11) is 0. The van der Waals surface area contributed by atoms with Crippen molar-refractivity contribution in [3.8, 4) is 0 Å². The summed E-state index contributed by atoms with van der Waals surface area (Å²) >= 11 is 1.94. The average molecular weight is 350 g/mol. The predicted molar refractivity (Wildman–Crippen MR) is 75.6 cm³/mol. The molecule has 94 valence electrons. The molecule has 0 aliphatic carbocycles. The maximum atomic E-state index is 13.4. The fraction of sp³-hybridized carbons (Fsp3) is 0.500. The Hall–Kier alpha value is -0.560. The van der Waals surface area contributed by atoms with Crippen molar-refractivity contribution in [2.24, 2.45) is 5.92 Å². The quantitative estimate of drug-likeness (QED) is 0.651. The molecule has 3 nitrogen and oxygen atoms in total. The van der Waals surface area contributed by atoms with Crippen LogP contribution in [0.15, 0.2) is 12.1 Å². The highest BCUT2D eigenvalue weighted by molar-refractivity contribution is 14.1. The SMILES string of the molecule is Nc1cc(I)c(F)cc1NCC1CCCOC1. The highest BCUT2D eigenvalue weighted by Crippen LogP contribution is 2.25. The van der Waals surface area contributed by atoms with Crippen molar-refractivity contribution in [3.63, 3.8) is 0 Å². The minimum absolute atomic E-state index is 0.234. The molecule has 1 heterocycles. The lowest BCUT2D eigenvalue weighted by Gasteiger charge is -2.23. The smallest absolute Gasteiger partial charge is 0.138 e. The largest absolute Gasteiger partial charge is 0.397 e. The number of hydrogen-bond donors (Lipinski definition) is 2. The first-order valence-corrected chi connectivity index (χ1v) is 6.81. The number of rotatable bonds is 3. The van der Waals surface area contributed by atoms with E-state index in [9.17, 15) is 4.39 Å². The number of nitrogen functional groups attached to an aromatic ring is 1. The molecule has 5 heteroatoms. The lowest BCUT2D eigenvalue weighted by molar-refractivity contribution is 0.0595. The van der Waals surface area contributed by atoms with Crippen LogP contribution < -0.4 is 11.1 Å². The molecule has 1 saturated heterocycles. The molecule has 1 unspecified atom stereocenters. The zero-order valence-electron chi connectivity index (χ0n) is 9.51. The number of nitrogens with one attached hydrogen (secondary N) is 1. The summed E-state index contributed by atoms with van der Waals surface area (Å²) in [6.45, 7) is 2.42. The third-order valence-electron chi connectivity index (χ3n) is 2.93. The molecule has 1 atom stereocenters. The first-order valence-electron chi connectivity index (χ1n) is 5.73. The molecule has 1 aromatic carbocycles. The van der Waals surface area contributed by atoms with E-state index < -0.39 is 0 Å². The van der Waals surface area contributed by atoms with Crippen molar-refractivity contribution >= 4 is 34.0 Å². The first-order chi connectivity index (χ1) is 8.16. The molecule has 1 aliphatic heterocycles. The van der Waals surface area contributed by atoms with Gasteiger partial charge in [-0.15, -0.1) is 0 Å². The number of anilines is 2. The van der Waals surface area contributed by atoms with Crippen molar-refractivity contribution < 1.29 is 9.13 Å². The number of ether oxygens (including phenoxy) is 1. The summed E-state index contributed by atoms with van der Waals surface area (Å²) in [4.78, 5) is 0. The van der Waals surface area contributed by atoms with E-state index >= 15 is 0 Å². The van der Waals surface area contributed by atoms with Gasteiger partial charge < -0.3 is 15.8 Å². The van der Waals surface area contributed by atoms with Crippen molar-refractivity contribution in [1.29, 1.82) is 0 Å². The number of halogens is 2. The molecule has 0 saturated carbocycles. The molecular formula is C12H16FIN2O. The topological polar surface area (TPSA) is 47.3 Å². The van der Waals surface area contributed by atoms with Gasteiger partial charge in [0.05, 0.1) is 21.6 Å². The van der Waals surface area contributed by atoms with E-state index in [1.807, 2.05) is 22.6 Å². The van der Waals surface area contributed by atoms with Crippen LogP contribution in [-0.2, 0) is 4.74 Å². The Morgan fingerprint density at radius 3 is 3.06 bits per heavy atom. The lowest BCUT2D eigenvalue weighted by atomic mass is 10.0. The van der Waals surface area contributed by atoms with Crippen LogP contribution in [0.4, 0.5) is 15.8 Å². The molecule has 17 heavy (non-hydrogen) atoms. The Bertz CT molecular complexity index is 394. The third kappa shape index (κ3) is 3.45. The molecular weight excluding hydrogens is 334 g/mol. The molecule has 0 spiro atoms. The van der Waals surface area contributed by atoms with E-state index in [2.05, 4.69) is 5.32 Å². The summed E-state index contributed by atoms with van der Waals surface area (Å²) in [6.07, 6.45) is 2.25. The lowest BCUT2D eigenvalue weighted by Crippen LogP contribution is -2.24. The maximum absolute atomic E-state index is 13.4. The van der Waals surface area contributed by atoms with E-state index in [1.165, 1.54) is 6.07 Å². The van der Waals surface area contributed by atoms with E-state index in [-0.39, 0.29) is 5.82 Å². The molecule has 0 radical (unpaired) electrons. The fourth-order valence-electron chi connectivity index (χ4n) is 1.94. The van der Waals surface area contributed by atoms with Gasteiger partial charge in [0.25, 0.3) is 0 Å². The van der Waals surface area contributed by atoms with Gasteiger partial charge in [0.2, 0.25) is 0 Å². The van der Waals surface area contributed by atoms with Gasteiger partial charge in [0.1, 0.15) is 5.82 Å². The zero-order chi connectivity index (χ0) is 12.3. The molecule has 0 aromatic heterocycles. The van der Waals surface area contributed by atoms with Crippen molar-refractivity contribution in [3.05, 3.63) is 21.5 Å². The van der Waals surface area contributed by atoms with Crippen molar-refractivity contribution in [1.82, 2.24) is 0 Å². The molecule has 0 bridgehead atoms. The van der Waals surface area contributed by atoms with Crippen LogP contribution in [0, 0.1) is 15.3 Å². The second-order valence-corrected chi connectivity index (χ2v) is 5.48. The second kappa shape index (κ2) is 5.86. The van der Waals surface area contributed by atoms with Crippen LogP contribution in [0.3, 0.4) is 0 Å². The van der Waals surface area contributed by atoms with Gasteiger partial charge in [0.15, 0.2) is 0 Å². The minimum Gasteiger partial charge on any atom is -0.397 e. The van der Waals surface area contributed by atoms with Gasteiger partial charge in [-0.25, -0.2) is 4.39 Å². The number of nitrogens with two attached hydrogens (primary N) is 1. The second-order valence-electron chi connectivity index (χ2n) is 4.32. The van der Waals surface area contributed by atoms with Gasteiger partial charge in [0, 0.05) is 19.2 Å². The first kappa shape index (κ1) is 12.9. The van der Waals surface area contributed by atoms with Crippen LogP contribution in [0.5, 0.6) is 0 Å². The Kier molecular flexibility index (Phi) is 4.44. The Morgan fingerprint density at radius 1 is 1.53 bits per heavy atom. The summed E-state index contributed by atoms with van der Waals surface area (Å²) in [5, 5.41) is 3.20. The van der Waals surface area contributed by atoms with Gasteiger partial charge in [-0.1, -0.05) is 0 Å². The Morgan fingerprint density at radius 2 is 2.35 bits per heavy atom. The fourth-order valence-corrected chi connectivity index (χ4v) is 2.43. The van der Waals surface area contributed by atoms with E-state index in [0.29, 0.717) is 20.9 Å². The van der Waals surface area contributed by atoms with Crippen LogP contribution in [0.25, 0.3) is 0 Å². The highest BCUT2D eigenvalue weighted by atomic mass is 127. The monoisotopic (exact) mass is 350 g/mol. The average Bonchev–Trinajstić information content (AvgIpc) is 2.33. The van der Waals surface area contributed by atoms with Gasteiger partial charge >= 0.3 is 0 Å². The number of hydrogen-bond acceptors (Lipinski definition) is 3. The summed E-state index contributed by atoms with van der Waals surface area (Å²) < 4.78 is 19.3. The van der Waals surface area contributed by atoms with Crippen LogP contribution in [0.2, 0.25) is 0 Å². The molecule has 0 amide bonds.